The van der Waals surface area contributed by atoms with E-state index in [-0.39, 0.29) is 0 Å². The molecule has 0 atom stereocenters. The lowest BCUT2D eigenvalue weighted by Crippen LogP contribution is -2.02. The number of imidazole rings is 1. The molecule has 1 aromatic carbocycles. The van der Waals surface area contributed by atoms with Crippen molar-refractivity contribution in [3.63, 3.8) is 0 Å². The van der Waals surface area contributed by atoms with E-state index in [0.29, 0.717) is 0 Å². The summed E-state index contributed by atoms with van der Waals surface area (Å²) in [6.45, 7) is 2.08. The molecule has 4 heteroatoms. The van der Waals surface area contributed by atoms with Gasteiger partial charge in [0.1, 0.15) is 11.5 Å². The summed E-state index contributed by atoms with van der Waals surface area (Å²) in [5, 5.41) is 0. The molecule has 0 saturated carbocycles. The first-order valence-electron chi connectivity index (χ1n) is 7.08. The van der Waals surface area contributed by atoms with Crippen molar-refractivity contribution in [1.29, 1.82) is 0 Å². The molecular weight excluding hydrogens is 266 g/mol. The minimum absolute atomic E-state index is 0.750. The lowest BCUT2D eigenvalue weighted by molar-refractivity contribution is 0.686. The van der Waals surface area contributed by atoms with Gasteiger partial charge in [-0.3, -0.25) is 4.40 Å². The number of hydrogen-bond acceptors (Lipinski definition) is 3. The number of anilines is 1. The third kappa shape index (κ3) is 1.75. The number of fused-ring (bicyclic) bond motifs is 2. The monoisotopic (exact) mass is 283 g/mol. The van der Waals surface area contributed by atoms with Crippen molar-refractivity contribution in [1.82, 2.24) is 9.38 Å². The number of aromatic nitrogens is 2. The Kier molecular flexibility index (Phi) is 2.60. The van der Waals surface area contributed by atoms with E-state index in [1.807, 2.05) is 4.40 Å². The number of aryl methyl sites for hydroxylation is 3. The van der Waals surface area contributed by atoms with E-state index < -0.39 is 0 Å². The summed E-state index contributed by atoms with van der Waals surface area (Å²) in [5.74, 6) is 0.750. The fourth-order valence-corrected chi connectivity index (χ4v) is 3.90. The molecule has 1 aliphatic rings. The van der Waals surface area contributed by atoms with Crippen LogP contribution in [0.2, 0.25) is 0 Å². The predicted molar refractivity (Wildman–Crippen MR) is 84.3 cm³/mol. The van der Waals surface area contributed by atoms with E-state index in [1.54, 1.807) is 11.3 Å². The van der Waals surface area contributed by atoms with Crippen LogP contribution in [-0.2, 0) is 12.8 Å². The largest absolute Gasteiger partial charge is 0.383 e. The van der Waals surface area contributed by atoms with Gasteiger partial charge in [0.15, 0.2) is 4.96 Å². The Morgan fingerprint density at radius 3 is 2.80 bits per heavy atom. The molecule has 0 spiro atoms. The second-order valence-electron chi connectivity index (χ2n) is 5.53. The van der Waals surface area contributed by atoms with Crippen molar-refractivity contribution in [2.45, 2.75) is 32.6 Å². The van der Waals surface area contributed by atoms with Crippen LogP contribution in [0.5, 0.6) is 0 Å². The molecule has 2 N–H and O–H groups in total. The maximum atomic E-state index is 6.27. The van der Waals surface area contributed by atoms with Crippen LogP contribution >= 0.6 is 11.3 Å². The molecule has 102 valence electrons. The zero-order valence-corrected chi connectivity index (χ0v) is 12.3. The van der Waals surface area contributed by atoms with Crippen LogP contribution in [0, 0.1) is 6.92 Å². The van der Waals surface area contributed by atoms with Gasteiger partial charge in [-0.15, -0.1) is 11.3 Å². The minimum atomic E-state index is 0.750. The Hall–Kier alpha value is -1.81. The van der Waals surface area contributed by atoms with Crippen LogP contribution in [0.4, 0.5) is 5.82 Å². The fraction of sp³-hybridized carbons (Fsp3) is 0.312. The lowest BCUT2D eigenvalue weighted by atomic mass is 9.90. The van der Waals surface area contributed by atoms with Crippen molar-refractivity contribution in [3.8, 4) is 11.3 Å². The molecule has 4 rings (SSSR count). The van der Waals surface area contributed by atoms with Crippen molar-refractivity contribution in [2.75, 3.05) is 5.73 Å². The molecule has 2 heterocycles. The summed E-state index contributed by atoms with van der Waals surface area (Å²) in [7, 11) is 0. The van der Waals surface area contributed by atoms with Crippen LogP contribution < -0.4 is 5.73 Å². The smallest absolute Gasteiger partial charge is 0.196 e. The molecule has 0 saturated heterocycles. The summed E-state index contributed by atoms with van der Waals surface area (Å²) in [5.41, 5.74) is 11.3. The Bertz CT molecular complexity index is 798. The van der Waals surface area contributed by atoms with Gasteiger partial charge < -0.3 is 5.73 Å². The Labute approximate surface area is 122 Å². The first-order valence-corrected chi connectivity index (χ1v) is 7.90. The molecule has 20 heavy (non-hydrogen) atoms. The molecule has 1 aliphatic carbocycles. The molecule has 0 bridgehead atoms. The second kappa shape index (κ2) is 4.35. The zero-order chi connectivity index (χ0) is 13.7. The van der Waals surface area contributed by atoms with Crippen molar-refractivity contribution < 1.29 is 0 Å². The Morgan fingerprint density at radius 1 is 1.20 bits per heavy atom. The van der Waals surface area contributed by atoms with E-state index in [0.717, 1.165) is 22.0 Å². The summed E-state index contributed by atoms with van der Waals surface area (Å²) in [6, 6.07) is 6.70. The highest BCUT2D eigenvalue weighted by Crippen LogP contribution is 2.32. The second-order valence-corrected chi connectivity index (χ2v) is 6.74. The number of rotatable bonds is 1. The van der Waals surface area contributed by atoms with Gasteiger partial charge in [-0.25, -0.2) is 4.98 Å². The average Bonchev–Trinajstić information content (AvgIpc) is 2.97. The quantitative estimate of drug-likeness (QED) is 0.737. The highest BCUT2D eigenvalue weighted by molar-refractivity contribution is 7.17. The zero-order valence-electron chi connectivity index (χ0n) is 11.5. The topological polar surface area (TPSA) is 43.3 Å². The highest BCUT2D eigenvalue weighted by Gasteiger charge is 2.16. The maximum Gasteiger partial charge on any atom is 0.196 e. The number of hydrogen-bond donors (Lipinski definition) is 1. The summed E-state index contributed by atoms with van der Waals surface area (Å²) < 4.78 is 1.99. The third-order valence-corrected chi connectivity index (χ3v) is 5.00. The SMILES string of the molecule is Cc1cn2c(N)c(-c3ccc4c(c3)CCCC4)nc2s1. The molecular formula is C16H17N3S. The molecule has 2 aromatic heterocycles. The van der Waals surface area contributed by atoms with Gasteiger partial charge in [-0.1, -0.05) is 12.1 Å². The summed E-state index contributed by atoms with van der Waals surface area (Å²) in [4.78, 5) is 6.92. The molecule has 0 unspecified atom stereocenters. The number of nitrogen functional groups attached to an aromatic ring is 1. The van der Waals surface area contributed by atoms with Gasteiger partial charge in [0.25, 0.3) is 0 Å². The Morgan fingerprint density at radius 2 is 2.00 bits per heavy atom. The first kappa shape index (κ1) is 12.0. The van der Waals surface area contributed by atoms with Gasteiger partial charge in [-0.05, 0) is 49.8 Å². The normalized spacial score (nSPS) is 14.7. The van der Waals surface area contributed by atoms with Crippen LogP contribution in [0.3, 0.4) is 0 Å². The summed E-state index contributed by atoms with van der Waals surface area (Å²) in [6.07, 6.45) is 7.06. The van der Waals surface area contributed by atoms with Crippen LogP contribution in [0.25, 0.3) is 16.2 Å². The van der Waals surface area contributed by atoms with Gasteiger partial charge >= 0.3 is 0 Å². The molecule has 0 fully saturated rings. The number of benzene rings is 1. The highest BCUT2D eigenvalue weighted by atomic mass is 32.1. The maximum absolute atomic E-state index is 6.27. The number of nitrogens with two attached hydrogens (primary N) is 1. The van der Waals surface area contributed by atoms with E-state index in [4.69, 9.17) is 10.7 Å². The van der Waals surface area contributed by atoms with Gasteiger partial charge in [0.2, 0.25) is 0 Å². The molecule has 0 amide bonds. The minimum Gasteiger partial charge on any atom is -0.383 e. The van der Waals surface area contributed by atoms with Crippen LogP contribution in [-0.4, -0.2) is 9.38 Å². The number of thiazole rings is 1. The standard InChI is InChI=1S/C16H17N3S/c1-10-9-19-15(17)14(18-16(19)20-10)13-7-6-11-4-2-3-5-12(11)8-13/h6-9H,2-5,17H2,1H3. The van der Waals surface area contributed by atoms with Crippen LogP contribution in [0.15, 0.2) is 24.4 Å². The first-order chi connectivity index (χ1) is 9.72. The third-order valence-electron chi connectivity index (χ3n) is 4.10. The van der Waals surface area contributed by atoms with Crippen LogP contribution in [0.1, 0.15) is 28.8 Å². The van der Waals surface area contributed by atoms with Gasteiger partial charge in [0, 0.05) is 16.6 Å². The predicted octanol–water partition coefficient (Wildman–Crippen LogP) is 3.83. The van der Waals surface area contributed by atoms with Crippen molar-refractivity contribution in [2.24, 2.45) is 0 Å². The number of nitrogens with zero attached hydrogens (tertiary/aromatic N) is 2. The van der Waals surface area contributed by atoms with Gasteiger partial charge in [-0.2, -0.15) is 0 Å². The van der Waals surface area contributed by atoms with Crippen molar-refractivity contribution >= 4 is 22.1 Å². The van der Waals surface area contributed by atoms with Crippen molar-refractivity contribution in [3.05, 3.63) is 40.4 Å². The summed E-state index contributed by atoms with van der Waals surface area (Å²) >= 11 is 1.68. The van der Waals surface area contributed by atoms with Gasteiger partial charge in [0.05, 0.1) is 0 Å². The van der Waals surface area contributed by atoms with E-state index in [9.17, 15) is 0 Å². The van der Waals surface area contributed by atoms with E-state index >= 15 is 0 Å². The molecule has 3 nitrogen and oxygen atoms in total. The average molecular weight is 283 g/mol. The molecule has 0 radical (unpaired) electrons. The lowest BCUT2D eigenvalue weighted by Gasteiger charge is -2.16. The Balaban J connectivity index is 1.86. The fourth-order valence-electron chi connectivity index (χ4n) is 3.07. The van der Waals surface area contributed by atoms with E-state index in [2.05, 4.69) is 31.3 Å². The molecule has 0 aliphatic heterocycles. The van der Waals surface area contributed by atoms with E-state index in [1.165, 1.54) is 41.7 Å². The molecule has 3 aromatic rings.